The van der Waals surface area contributed by atoms with Crippen LogP contribution in [0.4, 0.5) is 0 Å². The number of carbonyl (C=O) groups is 2. The van der Waals surface area contributed by atoms with Crippen LogP contribution in [0.3, 0.4) is 0 Å². The fraction of sp³-hybridized carbons (Fsp3) is 0.333. The molecule has 3 aromatic carbocycles. The molecule has 33 heavy (non-hydrogen) atoms. The van der Waals surface area contributed by atoms with Gasteiger partial charge in [0, 0.05) is 43.5 Å². The maximum Gasteiger partial charge on any atom is 0.254 e. The number of carbonyl (C=O) groups excluding carboxylic acids is 2. The average Bonchev–Trinajstić information content (AvgIpc) is 2.87. The second-order valence-corrected chi connectivity index (χ2v) is 8.47. The molecule has 1 aliphatic heterocycles. The average molecular weight is 447 g/mol. The molecular formula is C27H30N2O4. The summed E-state index contributed by atoms with van der Waals surface area (Å²) in [4.78, 5) is 29.9. The highest BCUT2D eigenvalue weighted by atomic mass is 16.5. The number of nitrogens with zero attached hydrogens (tertiary/aromatic N) is 2. The molecule has 0 radical (unpaired) electrons. The zero-order chi connectivity index (χ0) is 23.4. The predicted molar refractivity (Wildman–Crippen MR) is 129 cm³/mol. The summed E-state index contributed by atoms with van der Waals surface area (Å²) < 4.78 is 10.6. The standard InChI is InChI=1S/C27H30N2O4/c1-28(18-19-8-10-21(32-2)11-9-19)26(30)20-14-16-29(17-15-20)27(31)24-12-13-25(33-3)23-7-5-4-6-22(23)24/h4-13,20H,14-18H2,1-3H3. The molecule has 0 spiro atoms. The third kappa shape index (κ3) is 4.80. The van der Waals surface area contributed by atoms with Crippen LogP contribution in [0, 0.1) is 5.92 Å². The molecule has 172 valence electrons. The molecule has 3 aromatic rings. The van der Waals surface area contributed by atoms with E-state index < -0.39 is 0 Å². The summed E-state index contributed by atoms with van der Waals surface area (Å²) in [5.74, 6) is 1.63. The van der Waals surface area contributed by atoms with E-state index in [9.17, 15) is 9.59 Å². The molecule has 4 rings (SSSR count). The fourth-order valence-corrected chi connectivity index (χ4v) is 4.53. The Kier molecular flexibility index (Phi) is 6.82. The second-order valence-electron chi connectivity index (χ2n) is 8.47. The lowest BCUT2D eigenvalue weighted by Crippen LogP contribution is -2.43. The van der Waals surface area contributed by atoms with Gasteiger partial charge in [0.15, 0.2) is 0 Å². The van der Waals surface area contributed by atoms with Crippen molar-refractivity contribution in [3.8, 4) is 11.5 Å². The number of fused-ring (bicyclic) bond motifs is 1. The van der Waals surface area contributed by atoms with Gasteiger partial charge in [-0.3, -0.25) is 9.59 Å². The van der Waals surface area contributed by atoms with Crippen molar-refractivity contribution in [2.24, 2.45) is 5.92 Å². The molecule has 1 aliphatic rings. The van der Waals surface area contributed by atoms with Crippen molar-refractivity contribution in [2.45, 2.75) is 19.4 Å². The summed E-state index contributed by atoms with van der Waals surface area (Å²) in [5, 5.41) is 1.82. The number of likely N-dealkylation sites (tertiary alicyclic amines) is 1. The molecule has 2 amide bonds. The van der Waals surface area contributed by atoms with E-state index in [-0.39, 0.29) is 17.7 Å². The predicted octanol–water partition coefficient (Wildman–Crippen LogP) is 4.37. The van der Waals surface area contributed by atoms with Gasteiger partial charge in [-0.15, -0.1) is 0 Å². The molecule has 0 N–H and O–H groups in total. The Labute approximate surface area is 194 Å². The van der Waals surface area contributed by atoms with Gasteiger partial charge in [-0.05, 0) is 48.1 Å². The Morgan fingerprint density at radius 1 is 0.909 bits per heavy atom. The fourth-order valence-electron chi connectivity index (χ4n) is 4.53. The maximum absolute atomic E-state index is 13.3. The number of amides is 2. The molecule has 1 fully saturated rings. The van der Waals surface area contributed by atoms with Gasteiger partial charge in [-0.25, -0.2) is 0 Å². The van der Waals surface area contributed by atoms with Gasteiger partial charge in [-0.2, -0.15) is 0 Å². The van der Waals surface area contributed by atoms with Crippen molar-refractivity contribution in [3.63, 3.8) is 0 Å². The highest BCUT2D eigenvalue weighted by Gasteiger charge is 2.30. The lowest BCUT2D eigenvalue weighted by Gasteiger charge is -2.33. The molecule has 6 nitrogen and oxygen atoms in total. The van der Waals surface area contributed by atoms with Crippen molar-refractivity contribution < 1.29 is 19.1 Å². The maximum atomic E-state index is 13.3. The van der Waals surface area contributed by atoms with E-state index in [1.54, 1.807) is 19.1 Å². The number of hydrogen-bond donors (Lipinski definition) is 0. The molecule has 6 heteroatoms. The van der Waals surface area contributed by atoms with Crippen LogP contribution < -0.4 is 9.47 Å². The lowest BCUT2D eigenvalue weighted by molar-refractivity contribution is -0.136. The highest BCUT2D eigenvalue weighted by Crippen LogP contribution is 2.30. The summed E-state index contributed by atoms with van der Waals surface area (Å²) in [7, 11) is 5.11. The number of benzene rings is 3. The van der Waals surface area contributed by atoms with Crippen LogP contribution in [0.15, 0.2) is 60.7 Å². The van der Waals surface area contributed by atoms with Crippen LogP contribution in [-0.2, 0) is 11.3 Å². The van der Waals surface area contributed by atoms with Crippen molar-refractivity contribution in [1.29, 1.82) is 0 Å². The third-order valence-electron chi connectivity index (χ3n) is 6.42. The molecule has 1 saturated heterocycles. The minimum Gasteiger partial charge on any atom is -0.497 e. The summed E-state index contributed by atoms with van der Waals surface area (Å²) in [6.45, 7) is 1.71. The van der Waals surface area contributed by atoms with Crippen LogP contribution >= 0.6 is 0 Å². The second kappa shape index (κ2) is 9.94. The number of ether oxygens (including phenoxy) is 2. The van der Waals surface area contributed by atoms with E-state index in [1.165, 1.54) is 0 Å². The number of methoxy groups -OCH3 is 2. The molecule has 1 heterocycles. The topological polar surface area (TPSA) is 59.1 Å². The Balaban J connectivity index is 1.39. The first-order valence-corrected chi connectivity index (χ1v) is 11.2. The molecule has 0 atom stereocenters. The molecule has 0 aliphatic carbocycles. The van der Waals surface area contributed by atoms with Crippen molar-refractivity contribution in [3.05, 3.63) is 71.8 Å². The number of piperidine rings is 1. The number of rotatable bonds is 6. The van der Waals surface area contributed by atoms with Gasteiger partial charge in [0.1, 0.15) is 11.5 Å². The molecule has 0 saturated carbocycles. The highest BCUT2D eigenvalue weighted by molar-refractivity contribution is 6.08. The third-order valence-corrected chi connectivity index (χ3v) is 6.42. The Bertz CT molecular complexity index is 1130. The minimum atomic E-state index is -0.0649. The van der Waals surface area contributed by atoms with Gasteiger partial charge in [0.05, 0.1) is 14.2 Å². The normalized spacial score (nSPS) is 14.2. The zero-order valence-electron chi connectivity index (χ0n) is 19.4. The van der Waals surface area contributed by atoms with Crippen molar-refractivity contribution in [2.75, 3.05) is 34.4 Å². The first-order chi connectivity index (χ1) is 16.0. The quantitative estimate of drug-likeness (QED) is 0.564. The smallest absolute Gasteiger partial charge is 0.254 e. The van der Waals surface area contributed by atoms with Gasteiger partial charge in [0.2, 0.25) is 5.91 Å². The largest absolute Gasteiger partial charge is 0.497 e. The van der Waals surface area contributed by atoms with E-state index in [0.29, 0.717) is 38.0 Å². The monoisotopic (exact) mass is 446 g/mol. The summed E-state index contributed by atoms with van der Waals surface area (Å²) >= 11 is 0. The van der Waals surface area contributed by atoms with Crippen LogP contribution in [0.25, 0.3) is 10.8 Å². The van der Waals surface area contributed by atoms with Crippen molar-refractivity contribution >= 4 is 22.6 Å². The Hall–Kier alpha value is -3.54. The van der Waals surface area contributed by atoms with Gasteiger partial charge in [-0.1, -0.05) is 36.4 Å². The Morgan fingerprint density at radius 2 is 1.58 bits per heavy atom. The molecule has 0 bridgehead atoms. The Morgan fingerprint density at radius 3 is 2.21 bits per heavy atom. The molecule has 0 aromatic heterocycles. The van der Waals surface area contributed by atoms with Crippen LogP contribution in [0.2, 0.25) is 0 Å². The van der Waals surface area contributed by atoms with Gasteiger partial charge >= 0.3 is 0 Å². The van der Waals surface area contributed by atoms with Gasteiger partial charge in [0.25, 0.3) is 5.91 Å². The van der Waals surface area contributed by atoms with E-state index >= 15 is 0 Å². The van der Waals surface area contributed by atoms with Crippen LogP contribution in [0.5, 0.6) is 11.5 Å². The minimum absolute atomic E-state index is 0.00587. The van der Waals surface area contributed by atoms with Crippen LogP contribution in [-0.4, -0.2) is 56.0 Å². The summed E-state index contributed by atoms with van der Waals surface area (Å²) in [5.41, 5.74) is 1.73. The van der Waals surface area contributed by atoms with Crippen LogP contribution in [0.1, 0.15) is 28.8 Å². The van der Waals surface area contributed by atoms with Gasteiger partial charge < -0.3 is 19.3 Å². The summed E-state index contributed by atoms with van der Waals surface area (Å²) in [6.07, 6.45) is 1.34. The first-order valence-electron chi connectivity index (χ1n) is 11.2. The number of hydrogen-bond acceptors (Lipinski definition) is 4. The van der Waals surface area contributed by atoms with E-state index in [4.69, 9.17) is 9.47 Å². The molecule has 0 unspecified atom stereocenters. The van der Waals surface area contributed by atoms with E-state index in [2.05, 4.69) is 0 Å². The SMILES string of the molecule is COc1ccc(CN(C)C(=O)C2CCN(C(=O)c3ccc(OC)c4ccccc34)CC2)cc1. The van der Waals surface area contributed by atoms with Crippen molar-refractivity contribution in [1.82, 2.24) is 9.80 Å². The van der Waals surface area contributed by atoms with E-state index in [1.807, 2.05) is 72.6 Å². The van der Waals surface area contributed by atoms with E-state index in [0.717, 1.165) is 27.8 Å². The summed E-state index contributed by atoms with van der Waals surface area (Å²) in [6, 6.07) is 19.2. The zero-order valence-corrected chi connectivity index (χ0v) is 19.4. The molecular weight excluding hydrogens is 416 g/mol. The lowest BCUT2D eigenvalue weighted by atomic mass is 9.94. The first kappa shape index (κ1) is 22.6.